The zero-order chi connectivity index (χ0) is 15.5. The van der Waals surface area contributed by atoms with E-state index in [1.54, 1.807) is 0 Å². The van der Waals surface area contributed by atoms with Crippen LogP contribution in [0.15, 0.2) is 24.3 Å². The summed E-state index contributed by atoms with van der Waals surface area (Å²) < 4.78 is 5.62. The van der Waals surface area contributed by atoms with Gasteiger partial charge in [0.1, 0.15) is 5.75 Å². The summed E-state index contributed by atoms with van der Waals surface area (Å²) in [5.41, 5.74) is 1.40. The molecule has 116 valence electrons. The van der Waals surface area contributed by atoms with Crippen molar-refractivity contribution in [1.82, 2.24) is 4.90 Å². The number of likely N-dealkylation sites (N-methyl/N-ethyl adjacent to an activating group) is 1. The van der Waals surface area contributed by atoms with Gasteiger partial charge in [0.05, 0.1) is 0 Å². The maximum atomic E-state index is 12.1. The summed E-state index contributed by atoms with van der Waals surface area (Å²) in [6.45, 7) is 6.68. The summed E-state index contributed by atoms with van der Waals surface area (Å²) in [6.07, 6.45) is 4.72. The van der Waals surface area contributed by atoms with E-state index in [0.717, 1.165) is 18.6 Å². The number of rotatable bonds is 4. The van der Waals surface area contributed by atoms with E-state index in [-0.39, 0.29) is 17.9 Å². The zero-order valence-corrected chi connectivity index (χ0v) is 13.7. The highest BCUT2D eigenvalue weighted by atomic mass is 16.5. The molecule has 3 nitrogen and oxygen atoms in total. The van der Waals surface area contributed by atoms with Gasteiger partial charge in [-0.25, -0.2) is 0 Å². The van der Waals surface area contributed by atoms with Gasteiger partial charge >= 0.3 is 0 Å². The molecule has 2 rings (SSSR count). The van der Waals surface area contributed by atoms with E-state index >= 15 is 0 Å². The van der Waals surface area contributed by atoms with Crippen LogP contribution in [-0.2, 0) is 10.2 Å². The molecule has 1 amide bonds. The second-order valence-corrected chi connectivity index (χ2v) is 7.01. The molecule has 0 saturated heterocycles. The molecule has 1 aromatic carbocycles. The number of nitrogens with zero attached hydrogens (tertiary/aromatic N) is 1. The van der Waals surface area contributed by atoms with Crippen molar-refractivity contribution >= 4 is 5.91 Å². The number of hydrogen-bond donors (Lipinski definition) is 0. The largest absolute Gasteiger partial charge is 0.484 e. The molecule has 21 heavy (non-hydrogen) atoms. The molecule has 1 saturated carbocycles. The molecule has 0 atom stereocenters. The lowest BCUT2D eigenvalue weighted by Gasteiger charge is -2.24. The minimum atomic E-state index is 0.0711. The van der Waals surface area contributed by atoms with Gasteiger partial charge in [-0.3, -0.25) is 4.79 Å². The minimum absolute atomic E-state index is 0.0711. The van der Waals surface area contributed by atoms with E-state index < -0.39 is 0 Å². The normalized spacial score (nSPS) is 16.0. The fraction of sp³-hybridized carbons (Fsp3) is 0.611. The Morgan fingerprint density at radius 1 is 1.19 bits per heavy atom. The minimum Gasteiger partial charge on any atom is -0.484 e. The molecule has 0 aromatic heterocycles. The summed E-state index contributed by atoms with van der Waals surface area (Å²) in [7, 11) is 1.89. The summed E-state index contributed by atoms with van der Waals surface area (Å²) in [5.74, 6) is 0.831. The molecule has 1 aromatic rings. The van der Waals surface area contributed by atoms with E-state index in [1.807, 2.05) is 24.1 Å². The maximum Gasteiger partial charge on any atom is 0.260 e. The second kappa shape index (κ2) is 6.50. The first-order chi connectivity index (χ1) is 9.88. The Morgan fingerprint density at radius 3 is 2.29 bits per heavy atom. The van der Waals surface area contributed by atoms with Crippen molar-refractivity contribution in [2.24, 2.45) is 0 Å². The van der Waals surface area contributed by atoms with Crippen molar-refractivity contribution in [2.45, 2.75) is 57.9 Å². The second-order valence-electron chi connectivity index (χ2n) is 7.01. The fourth-order valence-electron chi connectivity index (χ4n) is 2.79. The highest BCUT2D eigenvalue weighted by Crippen LogP contribution is 2.25. The average molecular weight is 289 g/mol. The first-order valence-corrected chi connectivity index (χ1v) is 7.87. The van der Waals surface area contributed by atoms with Gasteiger partial charge in [-0.15, -0.1) is 0 Å². The third-order valence-corrected chi connectivity index (χ3v) is 4.35. The van der Waals surface area contributed by atoms with Gasteiger partial charge in [-0.2, -0.15) is 0 Å². The lowest BCUT2D eigenvalue weighted by Crippen LogP contribution is -2.38. The monoisotopic (exact) mass is 289 g/mol. The summed E-state index contributed by atoms with van der Waals surface area (Å²) in [5, 5.41) is 0. The molecular weight excluding hydrogens is 262 g/mol. The van der Waals surface area contributed by atoms with Crippen LogP contribution in [0, 0.1) is 0 Å². The van der Waals surface area contributed by atoms with Crippen LogP contribution >= 0.6 is 0 Å². The number of carbonyl (C=O) groups excluding carboxylic acids is 1. The molecule has 1 aliphatic carbocycles. The van der Waals surface area contributed by atoms with Gasteiger partial charge in [0, 0.05) is 13.1 Å². The average Bonchev–Trinajstić information content (AvgIpc) is 2.97. The molecule has 1 fully saturated rings. The molecule has 0 aliphatic heterocycles. The molecule has 0 heterocycles. The topological polar surface area (TPSA) is 29.5 Å². The summed E-state index contributed by atoms with van der Waals surface area (Å²) >= 11 is 0. The third kappa shape index (κ3) is 4.23. The Labute approximate surface area is 128 Å². The lowest BCUT2D eigenvalue weighted by molar-refractivity contribution is -0.134. The van der Waals surface area contributed by atoms with Crippen LogP contribution in [0.4, 0.5) is 0 Å². The fourth-order valence-corrected chi connectivity index (χ4v) is 2.79. The van der Waals surface area contributed by atoms with Crippen molar-refractivity contribution in [3.63, 3.8) is 0 Å². The van der Waals surface area contributed by atoms with Crippen molar-refractivity contribution < 1.29 is 9.53 Å². The van der Waals surface area contributed by atoms with Crippen LogP contribution < -0.4 is 4.74 Å². The van der Waals surface area contributed by atoms with Crippen LogP contribution in [0.3, 0.4) is 0 Å². The SMILES string of the molecule is CN(C(=O)COc1ccc(C(C)(C)C)cc1)C1CCCC1. The highest BCUT2D eigenvalue weighted by molar-refractivity contribution is 5.77. The number of ether oxygens (including phenoxy) is 1. The van der Waals surface area contributed by atoms with Gasteiger partial charge < -0.3 is 9.64 Å². The zero-order valence-electron chi connectivity index (χ0n) is 13.7. The van der Waals surface area contributed by atoms with Crippen molar-refractivity contribution in [3.8, 4) is 5.75 Å². The predicted octanol–water partition coefficient (Wildman–Crippen LogP) is 3.76. The van der Waals surface area contributed by atoms with Gasteiger partial charge in [-0.1, -0.05) is 45.7 Å². The smallest absolute Gasteiger partial charge is 0.260 e. The Hall–Kier alpha value is -1.51. The van der Waals surface area contributed by atoms with Crippen molar-refractivity contribution in [3.05, 3.63) is 29.8 Å². The van der Waals surface area contributed by atoms with E-state index in [2.05, 4.69) is 32.9 Å². The quantitative estimate of drug-likeness (QED) is 0.844. The molecule has 0 unspecified atom stereocenters. The molecular formula is C18H27NO2. The molecule has 0 spiro atoms. The molecule has 0 radical (unpaired) electrons. The lowest BCUT2D eigenvalue weighted by atomic mass is 9.87. The van der Waals surface area contributed by atoms with Crippen LogP contribution in [0.2, 0.25) is 0 Å². The van der Waals surface area contributed by atoms with Crippen LogP contribution in [0.5, 0.6) is 5.75 Å². The molecule has 0 bridgehead atoms. The van der Waals surface area contributed by atoms with E-state index in [0.29, 0.717) is 6.04 Å². The number of benzene rings is 1. The van der Waals surface area contributed by atoms with Crippen LogP contribution in [-0.4, -0.2) is 30.5 Å². The van der Waals surface area contributed by atoms with Crippen LogP contribution in [0.1, 0.15) is 52.0 Å². The van der Waals surface area contributed by atoms with Gasteiger partial charge in [-0.05, 0) is 36.0 Å². The molecule has 1 aliphatic rings. The first-order valence-electron chi connectivity index (χ1n) is 7.87. The molecule has 0 N–H and O–H groups in total. The van der Waals surface area contributed by atoms with Gasteiger partial charge in [0.2, 0.25) is 0 Å². The maximum absolute atomic E-state index is 12.1. The standard InChI is InChI=1S/C18H27NO2/c1-18(2,3)14-9-11-16(12-10-14)21-13-17(20)19(4)15-7-5-6-8-15/h9-12,15H,5-8,13H2,1-4H3. The highest BCUT2D eigenvalue weighted by Gasteiger charge is 2.23. The Morgan fingerprint density at radius 2 is 1.76 bits per heavy atom. The molecule has 3 heteroatoms. The van der Waals surface area contributed by atoms with Gasteiger partial charge in [0.25, 0.3) is 5.91 Å². The van der Waals surface area contributed by atoms with E-state index in [1.165, 1.54) is 18.4 Å². The van der Waals surface area contributed by atoms with E-state index in [4.69, 9.17) is 4.74 Å². The van der Waals surface area contributed by atoms with Crippen LogP contribution in [0.25, 0.3) is 0 Å². The van der Waals surface area contributed by atoms with Crippen molar-refractivity contribution in [1.29, 1.82) is 0 Å². The summed E-state index contributed by atoms with van der Waals surface area (Å²) in [6, 6.07) is 8.44. The summed E-state index contributed by atoms with van der Waals surface area (Å²) in [4.78, 5) is 14.0. The van der Waals surface area contributed by atoms with E-state index in [9.17, 15) is 4.79 Å². The Balaban J connectivity index is 1.86. The number of hydrogen-bond acceptors (Lipinski definition) is 2. The van der Waals surface area contributed by atoms with Gasteiger partial charge in [0.15, 0.2) is 6.61 Å². The Bertz CT molecular complexity index is 467. The Kier molecular flexibility index (Phi) is 4.92. The van der Waals surface area contributed by atoms with Crippen molar-refractivity contribution in [2.75, 3.05) is 13.7 Å². The number of amides is 1. The first kappa shape index (κ1) is 15.9. The number of carbonyl (C=O) groups is 1. The third-order valence-electron chi connectivity index (χ3n) is 4.35. The predicted molar refractivity (Wildman–Crippen MR) is 85.7 cm³/mol.